The Balaban J connectivity index is 2.24. The second kappa shape index (κ2) is 3.57. The van der Waals surface area contributed by atoms with Gasteiger partial charge in [0.25, 0.3) is 0 Å². The fraction of sp³-hybridized carbons (Fsp3) is 0.273. The molecule has 3 rings (SSSR count). The highest BCUT2D eigenvalue weighted by molar-refractivity contribution is 6.30. The number of hydrogen-bond acceptors (Lipinski definition) is 3. The number of fused-ring (bicyclic) bond motifs is 1. The van der Waals surface area contributed by atoms with Gasteiger partial charge in [-0.2, -0.15) is 0 Å². The zero-order valence-corrected chi connectivity index (χ0v) is 9.15. The van der Waals surface area contributed by atoms with Crippen molar-refractivity contribution >= 4 is 28.9 Å². The minimum Gasteiger partial charge on any atom is -0.377 e. The van der Waals surface area contributed by atoms with Crippen LogP contribution in [-0.4, -0.2) is 29.1 Å². The highest BCUT2D eigenvalue weighted by atomic mass is 35.5. The van der Waals surface area contributed by atoms with Crippen molar-refractivity contribution in [2.24, 2.45) is 0 Å². The smallest absolute Gasteiger partial charge is 0.150 e. The predicted octanol–water partition coefficient (Wildman–Crippen LogP) is 2.07. The summed E-state index contributed by atoms with van der Waals surface area (Å²) in [7, 11) is 0. The molecule has 82 valence electrons. The summed E-state index contributed by atoms with van der Waals surface area (Å²) in [5.74, 6) is 0. The monoisotopic (exact) mass is 236 g/mol. The zero-order valence-electron chi connectivity index (χ0n) is 8.39. The summed E-state index contributed by atoms with van der Waals surface area (Å²) in [4.78, 5) is 15.2. The second-order valence-electron chi connectivity index (χ2n) is 3.80. The molecule has 0 radical (unpaired) electrons. The predicted molar refractivity (Wildman–Crippen MR) is 60.0 cm³/mol. The Morgan fingerprint density at radius 3 is 3.00 bits per heavy atom. The van der Waals surface area contributed by atoms with Gasteiger partial charge in [0.2, 0.25) is 0 Å². The van der Waals surface area contributed by atoms with Crippen LogP contribution in [0.3, 0.4) is 0 Å². The number of hydrogen-bond donors (Lipinski definition) is 0. The number of aromatic nitrogens is 2. The maximum Gasteiger partial charge on any atom is 0.150 e. The van der Waals surface area contributed by atoms with Gasteiger partial charge in [-0.3, -0.25) is 4.79 Å². The van der Waals surface area contributed by atoms with Gasteiger partial charge in [0.05, 0.1) is 19.3 Å². The highest BCUT2D eigenvalue weighted by Crippen LogP contribution is 2.26. The summed E-state index contributed by atoms with van der Waals surface area (Å²) < 4.78 is 7.15. The van der Waals surface area contributed by atoms with E-state index in [1.807, 2.05) is 16.8 Å². The minimum atomic E-state index is 0.308. The second-order valence-corrected chi connectivity index (χ2v) is 4.19. The van der Waals surface area contributed by atoms with Crippen molar-refractivity contribution in [2.45, 2.75) is 6.04 Å². The molecule has 0 atom stereocenters. The van der Waals surface area contributed by atoms with Gasteiger partial charge < -0.3 is 9.30 Å². The maximum atomic E-state index is 10.9. The van der Waals surface area contributed by atoms with E-state index >= 15 is 0 Å². The van der Waals surface area contributed by atoms with E-state index in [2.05, 4.69) is 4.98 Å². The van der Waals surface area contributed by atoms with Crippen molar-refractivity contribution in [2.75, 3.05) is 13.2 Å². The van der Waals surface area contributed by atoms with Crippen molar-refractivity contribution in [3.8, 4) is 0 Å². The van der Waals surface area contributed by atoms with Gasteiger partial charge in [0.1, 0.15) is 10.8 Å². The average Bonchev–Trinajstić information content (AvgIpc) is 2.58. The van der Waals surface area contributed by atoms with E-state index in [-0.39, 0.29) is 0 Å². The number of nitrogens with zero attached hydrogens (tertiary/aromatic N) is 2. The van der Waals surface area contributed by atoms with E-state index in [1.54, 1.807) is 6.07 Å². The van der Waals surface area contributed by atoms with E-state index in [9.17, 15) is 4.79 Å². The standard InChI is InChI=1S/C11H9ClN2O2/c12-10-3-7(4-15)9-1-2-14(11(9)13-10)8-5-16-6-8/h1-4,8H,5-6H2. The van der Waals surface area contributed by atoms with Gasteiger partial charge in [-0.15, -0.1) is 0 Å². The molecule has 0 saturated carbocycles. The molecule has 4 nitrogen and oxygen atoms in total. The number of pyridine rings is 1. The van der Waals surface area contributed by atoms with Crippen molar-refractivity contribution in [1.82, 2.24) is 9.55 Å². The molecule has 0 amide bonds. The van der Waals surface area contributed by atoms with Crippen LogP contribution in [0.4, 0.5) is 0 Å². The third kappa shape index (κ3) is 1.34. The van der Waals surface area contributed by atoms with Crippen molar-refractivity contribution < 1.29 is 9.53 Å². The van der Waals surface area contributed by atoms with Crippen LogP contribution in [0.25, 0.3) is 11.0 Å². The molecular weight excluding hydrogens is 228 g/mol. The van der Waals surface area contributed by atoms with Gasteiger partial charge in [-0.25, -0.2) is 4.98 Å². The summed E-state index contributed by atoms with van der Waals surface area (Å²) in [6, 6.07) is 3.78. The maximum absolute atomic E-state index is 10.9. The molecule has 2 aromatic heterocycles. The molecule has 16 heavy (non-hydrogen) atoms. The molecule has 1 aliphatic rings. The quantitative estimate of drug-likeness (QED) is 0.592. The molecule has 0 spiro atoms. The van der Waals surface area contributed by atoms with Crippen LogP contribution < -0.4 is 0 Å². The van der Waals surface area contributed by atoms with Gasteiger partial charge in [-0.05, 0) is 12.1 Å². The Bertz CT molecular complexity index is 560. The Labute approximate surface area is 96.8 Å². The van der Waals surface area contributed by atoms with Gasteiger partial charge in [0.15, 0.2) is 6.29 Å². The zero-order chi connectivity index (χ0) is 11.1. The fourth-order valence-electron chi connectivity index (χ4n) is 1.90. The lowest BCUT2D eigenvalue weighted by molar-refractivity contribution is -0.0216. The van der Waals surface area contributed by atoms with E-state index in [0.717, 1.165) is 17.3 Å². The molecular formula is C11H9ClN2O2. The molecule has 1 aliphatic heterocycles. The van der Waals surface area contributed by atoms with E-state index in [4.69, 9.17) is 16.3 Å². The lowest BCUT2D eigenvalue weighted by Gasteiger charge is -2.27. The Morgan fingerprint density at radius 1 is 1.56 bits per heavy atom. The molecule has 5 heteroatoms. The van der Waals surface area contributed by atoms with E-state index < -0.39 is 0 Å². The number of aldehydes is 1. The topological polar surface area (TPSA) is 44.1 Å². The first-order valence-electron chi connectivity index (χ1n) is 4.99. The molecule has 0 bridgehead atoms. The number of rotatable bonds is 2. The largest absolute Gasteiger partial charge is 0.377 e. The van der Waals surface area contributed by atoms with Crippen LogP contribution in [-0.2, 0) is 4.74 Å². The summed E-state index contributed by atoms with van der Waals surface area (Å²) in [5.41, 5.74) is 1.33. The van der Waals surface area contributed by atoms with Crippen LogP contribution in [0.15, 0.2) is 18.3 Å². The first kappa shape index (κ1) is 9.81. The number of carbonyl (C=O) groups is 1. The third-order valence-electron chi connectivity index (χ3n) is 2.83. The average molecular weight is 237 g/mol. The van der Waals surface area contributed by atoms with Gasteiger partial charge in [0, 0.05) is 17.1 Å². The molecule has 0 N–H and O–H groups in total. The van der Waals surface area contributed by atoms with Crippen LogP contribution in [0, 0.1) is 0 Å². The van der Waals surface area contributed by atoms with Crippen molar-refractivity contribution in [3.63, 3.8) is 0 Å². The van der Waals surface area contributed by atoms with Crippen molar-refractivity contribution in [3.05, 3.63) is 29.0 Å². The molecule has 0 aliphatic carbocycles. The highest BCUT2D eigenvalue weighted by Gasteiger charge is 2.22. The molecule has 2 aromatic rings. The van der Waals surface area contributed by atoms with E-state index in [1.165, 1.54) is 0 Å². The Kier molecular flexibility index (Phi) is 2.19. The molecule has 1 saturated heterocycles. The molecule has 0 aromatic carbocycles. The van der Waals surface area contributed by atoms with Crippen LogP contribution in [0.5, 0.6) is 0 Å². The number of carbonyl (C=O) groups excluding carboxylic acids is 1. The lowest BCUT2D eigenvalue weighted by atomic mass is 10.2. The molecule has 1 fully saturated rings. The summed E-state index contributed by atoms with van der Waals surface area (Å²) in [6.07, 6.45) is 2.73. The van der Waals surface area contributed by atoms with Crippen LogP contribution >= 0.6 is 11.6 Å². The first-order chi connectivity index (χ1) is 7.79. The van der Waals surface area contributed by atoms with Gasteiger partial charge >= 0.3 is 0 Å². The van der Waals surface area contributed by atoms with Crippen LogP contribution in [0.2, 0.25) is 5.15 Å². The number of ether oxygens (including phenoxy) is 1. The summed E-state index contributed by atoms with van der Waals surface area (Å²) in [5, 5.41) is 1.18. The summed E-state index contributed by atoms with van der Waals surface area (Å²) >= 11 is 5.88. The fourth-order valence-corrected chi connectivity index (χ4v) is 2.10. The minimum absolute atomic E-state index is 0.308. The lowest BCUT2D eigenvalue weighted by Crippen LogP contribution is -2.30. The number of halogens is 1. The van der Waals surface area contributed by atoms with E-state index in [0.29, 0.717) is 30.0 Å². The van der Waals surface area contributed by atoms with Crippen LogP contribution in [0.1, 0.15) is 16.4 Å². The van der Waals surface area contributed by atoms with Crippen molar-refractivity contribution in [1.29, 1.82) is 0 Å². The first-order valence-corrected chi connectivity index (χ1v) is 5.37. The third-order valence-corrected chi connectivity index (χ3v) is 3.02. The SMILES string of the molecule is O=Cc1cc(Cl)nc2c1ccn2C1COC1. The summed E-state index contributed by atoms with van der Waals surface area (Å²) in [6.45, 7) is 1.38. The molecule has 3 heterocycles. The Morgan fingerprint density at radius 2 is 2.38 bits per heavy atom. The normalized spacial score (nSPS) is 16.3. The molecule has 0 unspecified atom stereocenters. The Hall–Kier alpha value is -1.39. The van der Waals surface area contributed by atoms with Gasteiger partial charge in [-0.1, -0.05) is 11.6 Å².